The summed E-state index contributed by atoms with van der Waals surface area (Å²) in [5.41, 5.74) is 0.436. The van der Waals surface area contributed by atoms with Crippen molar-refractivity contribution in [1.82, 2.24) is 9.97 Å². The predicted octanol–water partition coefficient (Wildman–Crippen LogP) is 4.66. The Morgan fingerprint density at radius 3 is 2.68 bits per heavy atom. The molecule has 0 spiro atoms. The number of urea groups is 1. The van der Waals surface area contributed by atoms with Gasteiger partial charge in [0.05, 0.1) is 10.7 Å². The second-order valence-electron chi connectivity index (χ2n) is 6.13. The molecule has 2 heterocycles. The van der Waals surface area contributed by atoms with Gasteiger partial charge in [-0.25, -0.2) is 14.8 Å². The molecular formula is C17H19Cl2N5O. The van der Waals surface area contributed by atoms with Gasteiger partial charge in [-0.1, -0.05) is 30.1 Å². The highest BCUT2D eigenvalue weighted by Gasteiger charge is 2.17. The number of carbonyl (C=O) groups is 1. The normalized spacial score (nSPS) is 15.1. The molecule has 0 aliphatic carbocycles. The van der Waals surface area contributed by atoms with E-state index in [1.54, 1.807) is 24.3 Å². The summed E-state index contributed by atoms with van der Waals surface area (Å²) in [5.74, 6) is 1.99. The van der Waals surface area contributed by atoms with Crippen LogP contribution in [0.5, 0.6) is 0 Å². The van der Waals surface area contributed by atoms with E-state index in [0.29, 0.717) is 21.6 Å². The number of hydrogen-bond acceptors (Lipinski definition) is 4. The van der Waals surface area contributed by atoms with Gasteiger partial charge in [-0.05, 0) is 37.0 Å². The molecule has 2 aromatic rings. The summed E-state index contributed by atoms with van der Waals surface area (Å²) in [7, 11) is 0. The zero-order chi connectivity index (χ0) is 17.8. The molecule has 0 radical (unpaired) electrons. The van der Waals surface area contributed by atoms with Gasteiger partial charge in [0.2, 0.25) is 0 Å². The van der Waals surface area contributed by atoms with Crippen LogP contribution in [0, 0.1) is 5.92 Å². The number of nitrogens with zero attached hydrogens (tertiary/aromatic N) is 3. The Morgan fingerprint density at radius 1 is 1.16 bits per heavy atom. The molecule has 3 rings (SSSR count). The third kappa shape index (κ3) is 4.74. The number of amides is 2. The number of hydrogen-bond donors (Lipinski definition) is 2. The first-order valence-corrected chi connectivity index (χ1v) is 8.87. The summed E-state index contributed by atoms with van der Waals surface area (Å²) >= 11 is 12.0. The average Bonchev–Trinajstić information content (AvgIpc) is 2.59. The van der Waals surface area contributed by atoms with Crippen molar-refractivity contribution in [2.45, 2.75) is 19.8 Å². The molecule has 1 aliphatic rings. The molecule has 8 heteroatoms. The molecule has 6 nitrogen and oxygen atoms in total. The minimum Gasteiger partial charge on any atom is -0.356 e. The number of aromatic nitrogens is 2. The minimum atomic E-state index is -0.443. The summed E-state index contributed by atoms with van der Waals surface area (Å²) in [6, 6.07) is 6.20. The van der Waals surface area contributed by atoms with Gasteiger partial charge in [0.1, 0.15) is 18.0 Å². The van der Waals surface area contributed by atoms with Crippen LogP contribution >= 0.6 is 23.2 Å². The molecule has 2 amide bonds. The number of halogens is 2. The van der Waals surface area contributed by atoms with Gasteiger partial charge in [0.15, 0.2) is 0 Å². The molecule has 2 N–H and O–H groups in total. The van der Waals surface area contributed by atoms with Crippen molar-refractivity contribution in [3.63, 3.8) is 0 Å². The lowest BCUT2D eigenvalue weighted by atomic mass is 9.99. The maximum absolute atomic E-state index is 12.2. The number of carbonyl (C=O) groups excluding carboxylic acids is 1. The van der Waals surface area contributed by atoms with E-state index in [4.69, 9.17) is 23.2 Å². The van der Waals surface area contributed by atoms with Gasteiger partial charge >= 0.3 is 6.03 Å². The van der Waals surface area contributed by atoms with Gasteiger partial charge in [-0.3, -0.25) is 5.32 Å². The Labute approximate surface area is 156 Å². The van der Waals surface area contributed by atoms with Crippen LogP contribution in [0.15, 0.2) is 30.6 Å². The van der Waals surface area contributed by atoms with Crippen LogP contribution in [0.1, 0.15) is 19.8 Å². The van der Waals surface area contributed by atoms with Gasteiger partial charge in [-0.2, -0.15) is 0 Å². The summed E-state index contributed by atoms with van der Waals surface area (Å²) in [5, 5.41) is 6.26. The van der Waals surface area contributed by atoms with E-state index in [-0.39, 0.29) is 0 Å². The quantitative estimate of drug-likeness (QED) is 0.812. The topological polar surface area (TPSA) is 70.2 Å². The third-order valence-corrected chi connectivity index (χ3v) is 4.74. The maximum Gasteiger partial charge on any atom is 0.324 e. The largest absolute Gasteiger partial charge is 0.356 e. The third-order valence-electron chi connectivity index (χ3n) is 4.18. The second-order valence-corrected chi connectivity index (χ2v) is 6.98. The molecule has 0 saturated carbocycles. The molecule has 0 atom stereocenters. The summed E-state index contributed by atoms with van der Waals surface area (Å²) < 4.78 is 0. The summed E-state index contributed by atoms with van der Waals surface area (Å²) in [6.07, 6.45) is 3.73. The van der Waals surface area contributed by atoms with Crippen molar-refractivity contribution in [3.8, 4) is 0 Å². The van der Waals surface area contributed by atoms with Crippen molar-refractivity contribution in [3.05, 3.63) is 40.6 Å². The molecule has 1 aromatic heterocycles. The fraction of sp³-hybridized carbons (Fsp3) is 0.353. The van der Waals surface area contributed by atoms with Crippen molar-refractivity contribution in [1.29, 1.82) is 0 Å². The Hall–Kier alpha value is -2.05. The van der Waals surface area contributed by atoms with Crippen molar-refractivity contribution in [2.24, 2.45) is 5.92 Å². The molecule has 1 fully saturated rings. The molecular weight excluding hydrogens is 361 g/mol. The lowest BCUT2D eigenvalue weighted by molar-refractivity contribution is 0.262. The Morgan fingerprint density at radius 2 is 1.92 bits per heavy atom. The average molecular weight is 380 g/mol. The Bertz CT molecular complexity index is 762. The van der Waals surface area contributed by atoms with Gasteiger partial charge < -0.3 is 10.2 Å². The molecule has 25 heavy (non-hydrogen) atoms. The van der Waals surface area contributed by atoms with E-state index in [0.717, 1.165) is 37.7 Å². The van der Waals surface area contributed by atoms with Crippen molar-refractivity contribution < 1.29 is 4.79 Å². The van der Waals surface area contributed by atoms with E-state index in [9.17, 15) is 4.79 Å². The van der Waals surface area contributed by atoms with Crippen LogP contribution in [-0.2, 0) is 0 Å². The zero-order valence-electron chi connectivity index (χ0n) is 13.8. The first kappa shape index (κ1) is 17.8. The number of rotatable bonds is 3. The first-order chi connectivity index (χ1) is 12.0. The lowest BCUT2D eigenvalue weighted by Crippen LogP contribution is -2.33. The highest BCUT2D eigenvalue weighted by atomic mass is 35.5. The smallest absolute Gasteiger partial charge is 0.324 e. The fourth-order valence-corrected chi connectivity index (χ4v) is 3.03. The van der Waals surface area contributed by atoms with Crippen LogP contribution in [0.4, 0.5) is 22.1 Å². The molecule has 1 aliphatic heterocycles. The second kappa shape index (κ2) is 7.89. The maximum atomic E-state index is 12.2. The lowest BCUT2D eigenvalue weighted by Gasteiger charge is -2.31. The van der Waals surface area contributed by atoms with Crippen LogP contribution < -0.4 is 15.5 Å². The van der Waals surface area contributed by atoms with Crippen molar-refractivity contribution in [2.75, 3.05) is 28.6 Å². The molecule has 132 valence electrons. The molecule has 1 saturated heterocycles. The molecule has 0 bridgehead atoms. The summed E-state index contributed by atoms with van der Waals surface area (Å²) in [6.45, 7) is 4.18. The number of piperidine rings is 1. The van der Waals surface area contributed by atoms with E-state index in [2.05, 4.69) is 32.4 Å². The summed E-state index contributed by atoms with van der Waals surface area (Å²) in [4.78, 5) is 22.8. The highest BCUT2D eigenvalue weighted by Crippen LogP contribution is 2.26. The van der Waals surface area contributed by atoms with Crippen LogP contribution in [0.3, 0.4) is 0 Å². The van der Waals surface area contributed by atoms with Crippen LogP contribution in [-0.4, -0.2) is 29.1 Å². The van der Waals surface area contributed by atoms with Crippen LogP contribution in [0.2, 0.25) is 10.0 Å². The Balaban J connectivity index is 1.65. The molecule has 0 unspecified atom stereocenters. The van der Waals surface area contributed by atoms with E-state index in [1.165, 1.54) is 6.33 Å². The van der Waals surface area contributed by atoms with E-state index in [1.807, 2.05) is 0 Å². The first-order valence-electron chi connectivity index (χ1n) is 8.11. The van der Waals surface area contributed by atoms with Gasteiger partial charge in [-0.15, -0.1) is 0 Å². The highest BCUT2D eigenvalue weighted by molar-refractivity contribution is 6.35. The van der Waals surface area contributed by atoms with Gasteiger partial charge in [0.25, 0.3) is 0 Å². The van der Waals surface area contributed by atoms with Crippen molar-refractivity contribution >= 4 is 46.6 Å². The predicted molar refractivity (Wildman–Crippen MR) is 102 cm³/mol. The number of anilines is 3. The number of nitrogens with one attached hydrogen (secondary N) is 2. The SMILES string of the molecule is CC1CCN(c2cc(NC(=O)Nc3cc(Cl)ccc3Cl)ncn2)CC1. The molecule has 1 aromatic carbocycles. The zero-order valence-corrected chi connectivity index (χ0v) is 15.3. The van der Waals surface area contributed by atoms with E-state index >= 15 is 0 Å². The fourth-order valence-electron chi connectivity index (χ4n) is 2.69. The van der Waals surface area contributed by atoms with E-state index < -0.39 is 6.03 Å². The Kier molecular flexibility index (Phi) is 5.60. The number of benzene rings is 1. The monoisotopic (exact) mass is 379 g/mol. The minimum absolute atomic E-state index is 0.408. The van der Waals surface area contributed by atoms with Crippen LogP contribution in [0.25, 0.3) is 0 Å². The standard InChI is InChI=1S/C17H19Cl2N5O/c1-11-4-6-24(7-5-11)16-9-15(20-10-21-16)23-17(25)22-14-8-12(18)2-3-13(14)19/h2-3,8-11H,4-7H2,1H3,(H2,20,21,22,23,25). The van der Waals surface area contributed by atoms with Gasteiger partial charge in [0, 0.05) is 24.2 Å².